The van der Waals surface area contributed by atoms with E-state index in [9.17, 15) is 9.59 Å². The third kappa shape index (κ3) is 4.34. The van der Waals surface area contributed by atoms with E-state index in [0.717, 1.165) is 13.0 Å². The molecule has 0 aromatic carbocycles. The highest BCUT2D eigenvalue weighted by Gasteiger charge is 2.31. The molecule has 0 aromatic heterocycles. The number of hydrogen-bond donors (Lipinski definition) is 2. The van der Waals surface area contributed by atoms with E-state index >= 15 is 0 Å². The summed E-state index contributed by atoms with van der Waals surface area (Å²) < 4.78 is 0. The molecule has 1 heterocycles. The zero-order chi connectivity index (χ0) is 12.8. The van der Waals surface area contributed by atoms with Crippen LogP contribution in [-0.4, -0.2) is 48.4 Å². The molecular weight excluding hydrogens is 218 g/mol. The van der Waals surface area contributed by atoms with Gasteiger partial charge in [-0.25, -0.2) is 0 Å². The van der Waals surface area contributed by atoms with Crippen molar-refractivity contribution in [2.24, 2.45) is 0 Å². The second-order valence-corrected chi connectivity index (χ2v) is 4.69. The summed E-state index contributed by atoms with van der Waals surface area (Å²) in [5, 5.41) is 5.98. The molecular formula is C12H23N3O2. The fourth-order valence-corrected chi connectivity index (χ4v) is 2.04. The lowest BCUT2D eigenvalue weighted by Gasteiger charge is -2.18. The van der Waals surface area contributed by atoms with Crippen LogP contribution in [0, 0.1) is 0 Å². The van der Waals surface area contributed by atoms with Gasteiger partial charge in [0.05, 0.1) is 6.04 Å². The Morgan fingerprint density at radius 3 is 2.82 bits per heavy atom. The van der Waals surface area contributed by atoms with Gasteiger partial charge in [0.1, 0.15) is 0 Å². The van der Waals surface area contributed by atoms with E-state index in [1.807, 2.05) is 20.8 Å². The van der Waals surface area contributed by atoms with Gasteiger partial charge >= 0.3 is 0 Å². The molecule has 1 fully saturated rings. The molecule has 0 radical (unpaired) electrons. The largest absolute Gasteiger partial charge is 0.356 e. The first kappa shape index (κ1) is 14.0. The van der Waals surface area contributed by atoms with E-state index in [0.29, 0.717) is 25.6 Å². The van der Waals surface area contributed by atoms with Gasteiger partial charge in [0.25, 0.3) is 0 Å². The van der Waals surface area contributed by atoms with E-state index < -0.39 is 0 Å². The number of carbonyl (C=O) groups is 2. The minimum atomic E-state index is -0.0655. The number of rotatable bonds is 6. The van der Waals surface area contributed by atoms with E-state index in [1.165, 1.54) is 0 Å². The number of hydrogen-bond acceptors (Lipinski definition) is 3. The molecule has 17 heavy (non-hydrogen) atoms. The number of nitrogens with one attached hydrogen (secondary N) is 2. The minimum Gasteiger partial charge on any atom is -0.356 e. The van der Waals surface area contributed by atoms with Crippen molar-refractivity contribution in [2.45, 2.75) is 45.7 Å². The molecule has 5 heteroatoms. The molecule has 1 aliphatic rings. The lowest BCUT2D eigenvalue weighted by Crippen LogP contribution is -2.42. The van der Waals surface area contributed by atoms with Crippen LogP contribution < -0.4 is 10.6 Å². The normalized spacial score (nSPS) is 20.1. The molecule has 0 aliphatic carbocycles. The van der Waals surface area contributed by atoms with Crippen molar-refractivity contribution in [1.82, 2.24) is 15.5 Å². The van der Waals surface area contributed by atoms with Crippen LogP contribution in [0.3, 0.4) is 0 Å². The average Bonchev–Trinajstić information content (AvgIpc) is 2.58. The van der Waals surface area contributed by atoms with Crippen molar-refractivity contribution in [1.29, 1.82) is 0 Å². The van der Waals surface area contributed by atoms with Crippen molar-refractivity contribution < 1.29 is 9.59 Å². The van der Waals surface area contributed by atoms with Gasteiger partial charge in [-0.3, -0.25) is 9.59 Å². The van der Waals surface area contributed by atoms with E-state index in [4.69, 9.17) is 0 Å². The summed E-state index contributed by atoms with van der Waals surface area (Å²) in [4.78, 5) is 25.0. The molecule has 98 valence electrons. The summed E-state index contributed by atoms with van der Waals surface area (Å²) in [6, 6.07) is 0.247. The van der Waals surface area contributed by atoms with Crippen LogP contribution in [0.25, 0.3) is 0 Å². The highest BCUT2D eigenvalue weighted by molar-refractivity contribution is 5.84. The number of nitrogens with zero attached hydrogens (tertiary/aromatic N) is 1. The second kappa shape index (κ2) is 6.59. The molecule has 0 aromatic rings. The van der Waals surface area contributed by atoms with E-state index in [1.54, 1.807) is 4.90 Å². The van der Waals surface area contributed by atoms with Crippen LogP contribution in [0.15, 0.2) is 0 Å². The third-order valence-electron chi connectivity index (χ3n) is 2.81. The maximum absolute atomic E-state index is 11.9. The van der Waals surface area contributed by atoms with Gasteiger partial charge in [-0.15, -0.1) is 0 Å². The number of likely N-dealkylation sites (tertiary alicyclic amines) is 1. The fourth-order valence-electron chi connectivity index (χ4n) is 2.04. The van der Waals surface area contributed by atoms with Gasteiger partial charge in [0.15, 0.2) is 0 Å². The Morgan fingerprint density at radius 2 is 2.24 bits per heavy atom. The minimum absolute atomic E-state index is 0.0144. The van der Waals surface area contributed by atoms with Crippen molar-refractivity contribution in [3.8, 4) is 0 Å². The Hall–Kier alpha value is -1.10. The summed E-state index contributed by atoms with van der Waals surface area (Å²) in [6.45, 7) is 7.88. The fraction of sp³-hybridized carbons (Fsp3) is 0.833. The zero-order valence-corrected chi connectivity index (χ0v) is 11.0. The molecule has 1 aliphatic heterocycles. The van der Waals surface area contributed by atoms with Crippen molar-refractivity contribution in [2.75, 3.05) is 19.6 Å². The molecule has 0 saturated carbocycles. The first-order valence-corrected chi connectivity index (χ1v) is 6.36. The van der Waals surface area contributed by atoms with Crippen LogP contribution in [0.5, 0.6) is 0 Å². The maximum Gasteiger partial charge on any atom is 0.239 e. The monoisotopic (exact) mass is 241 g/mol. The summed E-state index contributed by atoms with van der Waals surface area (Å²) >= 11 is 0. The molecule has 1 unspecified atom stereocenters. The number of amides is 2. The average molecular weight is 241 g/mol. The SMILES string of the molecule is CCNC(=O)CCN1CCC(NC(C)C)C1=O. The first-order valence-electron chi connectivity index (χ1n) is 6.36. The molecule has 2 amide bonds. The van der Waals surface area contributed by atoms with E-state index in [-0.39, 0.29) is 17.9 Å². The van der Waals surface area contributed by atoms with Gasteiger partial charge in [-0.2, -0.15) is 0 Å². The second-order valence-electron chi connectivity index (χ2n) is 4.69. The Morgan fingerprint density at radius 1 is 1.53 bits per heavy atom. The summed E-state index contributed by atoms with van der Waals surface area (Å²) in [6.07, 6.45) is 1.24. The van der Waals surface area contributed by atoms with Crippen molar-refractivity contribution in [3.05, 3.63) is 0 Å². The van der Waals surface area contributed by atoms with E-state index in [2.05, 4.69) is 10.6 Å². The molecule has 2 N–H and O–H groups in total. The van der Waals surface area contributed by atoms with Crippen molar-refractivity contribution in [3.63, 3.8) is 0 Å². The highest BCUT2D eigenvalue weighted by Crippen LogP contribution is 2.12. The Labute approximate surface area is 103 Å². The van der Waals surface area contributed by atoms with Gasteiger partial charge < -0.3 is 15.5 Å². The summed E-state index contributed by atoms with van der Waals surface area (Å²) in [5.74, 6) is 0.142. The maximum atomic E-state index is 11.9. The Bertz CT molecular complexity index is 279. The lowest BCUT2D eigenvalue weighted by atomic mass is 10.2. The quantitative estimate of drug-likeness (QED) is 0.694. The summed E-state index contributed by atoms with van der Waals surface area (Å²) in [5.41, 5.74) is 0. The third-order valence-corrected chi connectivity index (χ3v) is 2.81. The highest BCUT2D eigenvalue weighted by atomic mass is 16.2. The molecule has 5 nitrogen and oxygen atoms in total. The topological polar surface area (TPSA) is 61.4 Å². The van der Waals surface area contributed by atoms with Gasteiger partial charge in [-0.05, 0) is 13.3 Å². The Balaban J connectivity index is 2.32. The predicted octanol–water partition coefficient (Wildman–Crippen LogP) is 0.112. The first-order chi connectivity index (χ1) is 8.04. The van der Waals surface area contributed by atoms with Crippen LogP contribution in [-0.2, 0) is 9.59 Å². The predicted molar refractivity (Wildman–Crippen MR) is 66.6 cm³/mol. The zero-order valence-electron chi connectivity index (χ0n) is 11.0. The van der Waals surface area contributed by atoms with Crippen LogP contribution in [0.1, 0.15) is 33.6 Å². The van der Waals surface area contributed by atoms with Gasteiger partial charge in [0, 0.05) is 32.1 Å². The molecule has 1 rings (SSSR count). The van der Waals surface area contributed by atoms with Crippen LogP contribution in [0.4, 0.5) is 0 Å². The smallest absolute Gasteiger partial charge is 0.239 e. The van der Waals surface area contributed by atoms with Crippen LogP contribution in [0.2, 0.25) is 0 Å². The molecule has 0 spiro atoms. The molecule has 1 atom stereocenters. The van der Waals surface area contributed by atoms with Crippen molar-refractivity contribution >= 4 is 11.8 Å². The lowest BCUT2D eigenvalue weighted by molar-refractivity contribution is -0.130. The number of carbonyl (C=O) groups excluding carboxylic acids is 2. The van der Waals surface area contributed by atoms with Gasteiger partial charge in [0.2, 0.25) is 11.8 Å². The Kier molecular flexibility index (Phi) is 5.41. The molecule has 1 saturated heterocycles. The summed E-state index contributed by atoms with van der Waals surface area (Å²) in [7, 11) is 0. The van der Waals surface area contributed by atoms with Gasteiger partial charge in [-0.1, -0.05) is 13.8 Å². The standard InChI is InChI=1S/C12H23N3O2/c1-4-13-11(16)6-8-15-7-5-10(12(15)17)14-9(2)3/h9-10,14H,4-8H2,1-3H3,(H,13,16). The molecule has 0 bridgehead atoms. The van der Waals surface area contributed by atoms with Crippen LogP contribution >= 0.6 is 0 Å².